The molecule has 1 saturated carbocycles. The van der Waals surface area contributed by atoms with Crippen molar-refractivity contribution in [2.75, 3.05) is 0 Å². The molecule has 0 nitrogen and oxygen atoms in total. The summed E-state index contributed by atoms with van der Waals surface area (Å²) < 4.78 is 29.2. The predicted octanol–water partition coefficient (Wildman–Crippen LogP) is 9.00. The van der Waals surface area contributed by atoms with Crippen LogP contribution >= 0.6 is 0 Å². The summed E-state index contributed by atoms with van der Waals surface area (Å²) in [4.78, 5) is 0. The van der Waals surface area contributed by atoms with Crippen LogP contribution in [0, 0.1) is 23.5 Å². The molecule has 1 radical (unpaired) electrons. The maximum absolute atomic E-state index is 15.0. The Kier molecular flexibility index (Phi) is 7.98. The van der Waals surface area contributed by atoms with Gasteiger partial charge in [-0.15, -0.1) is 0 Å². The summed E-state index contributed by atoms with van der Waals surface area (Å²) >= 11 is 0. The van der Waals surface area contributed by atoms with E-state index in [1.165, 1.54) is 69.1 Å². The minimum atomic E-state index is -0.707. The molecule has 1 aliphatic carbocycles. The van der Waals surface area contributed by atoms with Crippen LogP contribution in [0.4, 0.5) is 8.78 Å². The molecular weight excluding hydrogens is 402 g/mol. The third-order valence-electron chi connectivity index (χ3n) is 7.94. The van der Waals surface area contributed by atoms with Crippen LogP contribution in [0.15, 0.2) is 42.5 Å². The molecule has 1 saturated heterocycles. The van der Waals surface area contributed by atoms with Gasteiger partial charge in [-0.3, -0.25) is 0 Å². The molecule has 2 aromatic carbocycles. The Hall–Kier alpha value is -1.48. The van der Waals surface area contributed by atoms with Gasteiger partial charge in [-0.25, -0.2) is 8.78 Å². The summed E-state index contributed by atoms with van der Waals surface area (Å²) in [6.07, 6.45) is 11.4. The van der Waals surface area contributed by atoms with Crippen molar-refractivity contribution in [1.82, 2.24) is 0 Å². The highest BCUT2D eigenvalue weighted by molar-refractivity contribution is 6.58. The van der Waals surface area contributed by atoms with E-state index in [9.17, 15) is 8.78 Å². The lowest BCUT2D eigenvalue weighted by atomic mass is 9.71. The molecule has 2 aliphatic rings. The molecule has 31 heavy (non-hydrogen) atoms. The van der Waals surface area contributed by atoms with Gasteiger partial charge in [0, 0.05) is 14.4 Å². The Morgan fingerprint density at radius 2 is 1.48 bits per heavy atom. The fourth-order valence-electron chi connectivity index (χ4n) is 6.11. The molecule has 167 valence electrons. The maximum Gasteiger partial charge on any atom is 0.162 e. The molecule has 2 aromatic rings. The summed E-state index contributed by atoms with van der Waals surface area (Å²) in [6, 6.07) is 17.5. The Morgan fingerprint density at radius 3 is 2.16 bits per heavy atom. The zero-order valence-corrected chi connectivity index (χ0v) is 20.0. The number of rotatable bonds is 7. The van der Waals surface area contributed by atoms with Crippen LogP contribution in [-0.4, -0.2) is 8.80 Å². The molecule has 0 aromatic heterocycles. The highest BCUT2D eigenvalue weighted by Gasteiger charge is 2.33. The van der Waals surface area contributed by atoms with Crippen LogP contribution in [0.1, 0.15) is 76.2 Å². The summed E-state index contributed by atoms with van der Waals surface area (Å²) in [5.74, 6) is 0.488. The SMILES string of the molecule is CCCCC[Si]1CCC(C2CCC(c3c(-c4ccccc4)ccc(F)c3F)CC2)CC1. The van der Waals surface area contributed by atoms with Gasteiger partial charge in [0.25, 0.3) is 0 Å². The van der Waals surface area contributed by atoms with Gasteiger partial charge in [0.05, 0.1) is 0 Å². The number of halogens is 2. The van der Waals surface area contributed by atoms with Crippen molar-refractivity contribution in [2.45, 2.75) is 88.8 Å². The van der Waals surface area contributed by atoms with Crippen LogP contribution < -0.4 is 0 Å². The van der Waals surface area contributed by atoms with E-state index in [2.05, 4.69) is 6.92 Å². The van der Waals surface area contributed by atoms with Crippen molar-refractivity contribution < 1.29 is 8.78 Å². The summed E-state index contributed by atoms with van der Waals surface area (Å²) in [6.45, 7) is 2.29. The van der Waals surface area contributed by atoms with Crippen LogP contribution in [0.5, 0.6) is 0 Å². The second-order valence-electron chi connectivity index (χ2n) is 9.84. The second kappa shape index (κ2) is 10.9. The van der Waals surface area contributed by atoms with Crippen molar-refractivity contribution in [3.63, 3.8) is 0 Å². The quantitative estimate of drug-likeness (QED) is 0.298. The highest BCUT2D eigenvalue weighted by Crippen LogP contribution is 2.46. The molecule has 4 rings (SSSR count). The Balaban J connectivity index is 1.38. The Morgan fingerprint density at radius 1 is 0.806 bits per heavy atom. The first-order valence-electron chi connectivity index (χ1n) is 12.5. The number of unbranched alkanes of at least 4 members (excludes halogenated alkanes) is 2. The summed E-state index contributed by atoms with van der Waals surface area (Å²) in [5.41, 5.74) is 2.48. The summed E-state index contributed by atoms with van der Waals surface area (Å²) in [5, 5.41) is 0. The fourth-order valence-corrected chi connectivity index (χ4v) is 9.17. The monoisotopic (exact) mass is 439 g/mol. The fraction of sp³-hybridized carbons (Fsp3) is 0.571. The molecule has 0 spiro atoms. The van der Waals surface area contributed by atoms with Crippen LogP contribution in [0.25, 0.3) is 11.1 Å². The van der Waals surface area contributed by atoms with E-state index >= 15 is 0 Å². The first kappa shape index (κ1) is 22.7. The van der Waals surface area contributed by atoms with Gasteiger partial charge in [0.1, 0.15) is 0 Å². The van der Waals surface area contributed by atoms with Crippen molar-refractivity contribution in [1.29, 1.82) is 0 Å². The second-order valence-corrected chi connectivity index (χ2v) is 12.8. The minimum absolute atomic E-state index is 0.0814. The van der Waals surface area contributed by atoms with E-state index < -0.39 is 11.6 Å². The third-order valence-corrected chi connectivity index (χ3v) is 11.0. The van der Waals surface area contributed by atoms with Crippen molar-refractivity contribution in [3.8, 4) is 11.1 Å². The van der Waals surface area contributed by atoms with Crippen molar-refractivity contribution in [3.05, 3.63) is 59.7 Å². The molecule has 0 unspecified atom stereocenters. The molecule has 0 amide bonds. The smallest absolute Gasteiger partial charge is 0.162 e. The van der Waals surface area contributed by atoms with Crippen LogP contribution in [-0.2, 0) is 0 Å². The normalized spacial score (nSPS) is 23.2. The molecule has 0 N–H and O–H groups in total. The predicted molar refractivity (Wildman–Crippen MR) is 129 cm³/mol. The van der Waals surface area contributed by atoms with E-state index in [-0.39, 0.29) is 14.7 Å². The molecule has 3 heteroatoms. The average Bonchev–Trinajstić information content (AvgIpc) is 2.82. The van der Waals surface area contributed by atoms with Gasteiger partial charge in [0.2, 0.25) is 0 Å². The van der Waals surface area contributed by atoms with E-state index in [1.54, 1.807) is 6.07 Å². The highest BCUT2D eigenvalue weighted by atomic mass is 28.3. The topological polar surface area (TPSA) is 0 Å². The van der Waals surface area contributed by atoms with Gasteiger partial charge in [-0.05, 0) is 60.6 Å². The van der Waals surface area contributed by atoms with Crippen LogP contribution in [0.2, 0.25) is 18.1 Å². The average molecular weight is 440 g/mol. The molecular formula is C28H37F2Si. The maximum atomic E-state index is 15.0. The van der Waals surface area contributed by atoms with Gasteiger partial charge in [-0.2, -0.15) is 0 Å². The molecule has 1 heterocycles. The Bertz CT molecular complexity index is 818. The number of hydrogen-bond donors (Lipinski definition) is 0. The standard InChI is InChI=1S/C28H37F2Si/c1-2-3-7-18-31-19-16-22(17-20-31)21-10-12-24(13-11-21)27-25(14-15-26(29)28(27)30)23-8-5-4-6-9-23/h4-6,8-9,14-15,21-22,24H,2-3,7,10-13,16-20H2,1H3. The molecule has 2 fully saturated rings. The number of benzene rings is 2. The molecule has 1 aliphatic heterocycles. The zero-order valence-electron chi connectivity index (χ0n) is 19.0. The number of hydrogen-bond acceptors (Lipinski definition) is 0. The summed E-state index contributed by atoms with van der Waals surface area (Å²) in [7, 11) is -0.0814. The van der Waals surface area contributed by atoms with E-state index in [0.717, 1.165) is 35.8 Å². The van der Waals surface area contributed by atoms with Gasteiger partial charge < -0.3 is 0 Å². The van der Waals surface area contributed by atoms with Crippen molar-refractivity contribution >= 4 is 8.80 Å². The lowest BCUT2D eigenvalue weighted by molar-refractivity contribution is 0.214. The van der Waals surface area contributed by atoms with Crippen LogP contribution in [0.3, 0.4) is 0 Å². The third kappa shape index (κ3) is 5.48. The van der Waals surface area contributed by atoms with Gasteiger partial charge in [-0.1, -0.05) is 93.6 Å². The first-order chi connectivity index (χ1) is 15.2. The van der Waals surface area contributed by atoms with Gasteiger partial charge >= 0.3 is 0 Å². The zero-order chi connectivity index (χ0) is 21.6. The Labute approximate surface area is 189 Å². The minimum Gasteiger partial charge on any atom is -0.204 e. The van der Waals surface area contributed by atoms with E-state index in [0.29, 0.717) is 5.56 Å². The lowest BCUT2D eigenvalue weighted by Gasteiger charge is -2.38. The van der Waals surface area contributed by atoms with Gasteiger partial charge in [0.15, 0.2) is 11.6 Å². The molecule has 0 bridgehead atoms. The largest absolute Gasteiger partial charge is 0.204 e. The first-order valence-corrected chi connectivity index (χ1v) is 14.7. The van der Waals surface area contributed by atoms with E-state index in [4.69, 9.17) is 0 Å². The lowest BCUT2D eigenvalue weighted by Crippen LogP contribution is -2.28. The van der Waals surface area contributed by atoms with E-state index in [1.807, 2.05) is 30.3 Å². The molecule has 0 atom stereocenters. The van der Waals surface area contributed by atoms with Crippen molar-refractivity contribution in [2.24, 2.45) is 11.8 Å².